The highest BCUT2D eigenvalue weighted by Gasteiger charge is 2.13. The second-order valence-electron chi connectivity index (χ2n) is 6.42. The van der Waals surface area contributed by atoms with Gasteiger partial charge in [-0.25, -0.2) is 10.1 Å². The van der Waals surface area contributed by atoms with E-state index in [9.17, 15) is 14.9 Å². The number of carbonyl (C=O) groups excluding carboxylic acids is 1. The van der Waals surface area contributed by atoms with E-state index in [1.807, 2.05) is 13.0 Å². The number of amides is 1. The molecule has 0 aliphatic carbocycles. The van der Waals surface area contributed by atoms with Gasteiger partial charge in [-0.3, -0.25) is 14.9 Å². The maximum Gasteiger partial charge on any atom is 0.270 e. The van der Waals surface area contributed by atoms with E-state index in [0.717, 1.165) is 22.0 Å². The average molecular weight is 456 g/mol. The summed E-state index contributed by atoms with van der Waals surface area (Å²) in [6.45, 7) is 1.87. The lowest BCUT2D eigenvalue weighted by Crippen LogP contribution is -2.17. The Labute approximate surface area is 187 Å². The molecule has 0 aliphatic rings. The number of thioether (sulfide) groups is 1. The lowest BCUT2D eigenvalue weighted by Gasteiger charge is -2.09. The standard InChI is InChI=1S/C19H20N8O4S/c1-12-8-15(31-2)6-7-16(12)22-17(28)11-32-19-25-24-18(26(19)20)23-21-10-13-4-3-5-14(9-13)27(29)30/h3-10H,11,20H2,1-2H3,(H,22,28)(H,23,24)/b21-10+. The molecule has 0 unspecified atom stereocenters. The van der Waals surface area contributed by atoms with Gasteiger partial charge in [0.15, 0.2) is 0 Å². The third kappa shape index (κ3) is 5.72. The zero-order valence-electron chi connectivity index (χ0n) is 17.2. The van der Waals surface area contributed by atoms with Crippen LogP contribution >= 0.6 is 11.8 Å². The van der Waals surface area contributed by atoms with Gasteiger partial charge in [0.1, 0.15) is 5.75 Å². The van der Waals surface area contributed by atoms with E-state index in [-0.39, 0.29) is 23.3 Å². The topological polar surface area (TPSA) is 163 Å². The van der Waals surface area contributed by atoms with Gasteiger partial charge in [0.25, 0.3) is 11.6 Å². The number of rotatable bonds is 9. The molecule has 0 fully saturated rings. The van der Waals surface area contributed by atoms with Crippen molar-refractivity contribution in [3.05, 3.63) is 63.7 Å². The summed E-state index contributed by atoms with van der Waals surface area (Å²) in [6, 6.07) is 11.3. The Balaban J connectivity index is 1.55. The number of benzene rings is 2. The number of carbonyl (C=O) groups is 1. The highest BCUT2D eigenvalue weighted by atomic mass is 32.2. The summed E-state index contributed by atoms with van der Waals surface area (Å²) in [4.78, 5) is 22.6. The molecule has 0 bridgehead atoms. The zero-order chi connectivity index (χ0) is 23.1. The van der Waals surface area contributed by atoms with E-state index < -0.39 is 4.92 Å². The largest absolute Gasteiger partial charge is 0.497 e. The molecular weight excluding hydrogens is 436 g/mol. The Bertz CT molecular complexity index is 1160. The van der Waals surface area contributed by atoms with Crippen molar-refractivity contribution in [1.29, 1.82) is 0 Å². The molecule has 0 saturated heterocycles. The molecule has 1 heterocycles. The number of ether oxygens (including phenoxy) is 1. The van der Waals surface area contributed by atoms with Gasteiger partial charge in [-0.2, -0.15) is 5.10 Å². The molecule has 2 aromatic carbocycles. The van der Waals surface area contributed by atoms with Crippen molar-refractivity contribution in [3.8, 4) is 5.75 Å². The lowest BCUT2D eigenvalue weighted by atomic mass is 10.2. The number of nitro groups is 1. The monoisotopic (exact) mass is 456 g/mol. The summed E-state index contributed by atoms with van der Waals surface area (Å²) >= 11 is 1.10. The summed E-state index contributed by atoms with van der Waals surface area (Å²) in [6.07, 6.45) is 1.39. The molecule has 1 aromatic heterocycles. The molecule has 12 nitrogen and oxygen atoms in total. The van der Waals surface area contributed by atoms with Gasteiger partial charge in [-0.1, -0.05) is 23.9 Å². The number of nitrogens with one attached hydrogen (secondary N) is 2. The number of hydrogen-bond acceptors (Lipinski definition) is 10. The summed E-state index contributed by atoms with van der Waals surface area (Å²) in [5, 5.41) is 25.7. The first-order valence-electron chi connectivity index (χ1n) is 9.18. The number of aryl methyl sites for hydroxylation is 1. The van der Waals surface area contributed by atoms with Gasteiger partial charge >= 0.3 is 0 Å². The van der Waals surface area contributed by atoms with Crippen molar-refractivity contribution >= 4 is 41.2 Å². The number of nitrogens with two attached hydrogens (primary N) is 1. The molecule has 0 aliphatic heterocycles. The number of nitro benzene ring substituents is 1. The fourth-order valence-corrected chi connectivity index (χ4v) is 3.21. The lowest BCUT2D eigenvalue weighted by molar-refractivity contribution is -0.384. The molecule has 166 valence electrons. The summed E-state index contributed by atoms with van der Waals surface area (Å²) in [5.41, 5.74) is 4.65. The molecule has 0 saturated carbocycles. The Hall–Kier alpha value is -4.13. The molecule has 0 spiro atoms. The van der Waals surface area contributed by atoms with E-state index in [2.05, 4.69) is 26.0 Å². The molecule has 4 N–H and O–H groups in total. The van der Waals surface area contributed by atoms with Crippen molar-refractivity contribution < 1.29 is 14.5 Å². The van der Waals surface area contributed by atoms with Crippen LogP contribution in [0.4, 0.5) is 17.3 Å². The van der Waals surface area contributed by atoms with Crippen molar-refractivity contribution in [1.82, 2.24) is 14.9 Å². The molecule has 32 heavy (non-hydrogen) atoms. The molecule has 1 amide bonds. The smallest absolute Gasteiger partial charge is 0.270 e. The molecular formula is C19H20N8O4S. The first kappa shape index (κ1) is 22.6. The van der Waals surface area contributed by atoms with Crippen LogP contribution in [0, 0.1) is 17.0 Å². The quantitative estimate of drug-likeness (QED) is 0.144. The fourth-order valence-electron chi connectivity index (χ4n) is 2.55. The third-order valence-corrected chi connectivity index (χ3v) is 5.11. The van der Waals surface area contributed by atoms with Crippen molar-refractivity contribution in [2.45, 2.75) is 12.1 Å². The second-order valence-corrected chi connectivity index (χ2v) is 7.36. The van der Waals surface area contributed by atoms with Crippen molar-refractivity contribution in [2.24, 2.45) is 5.10 Å². The number of non-ortho nitro benzene ring substituents is 1. The van der Waals surface area contributed by atoms with Crippen molar-refractivity contribution in [2.75, 3.05) is 29.4 Å². The Morgan fingerprint density at radius 3 is 2.88 bits per heavy atom. The first-order chi connectivity index (χ1) is 15.4. The molecule has 3 aromatic rings. The van der Waals surface area contributed by atoms with E-state index in [0.29, 0.717) is 22.2 Å². The van der Waals surface area contributed by atoms with E-state index in [1.54, 1.807) is 31.4 Å². The number of hydrogen-bond donors (Lipinski definition) is 3. The van der Waals surface area contributed by atoms with E-state index >= 15 is 0 Å². The van der Waals surface area contributed by atoms with E-state index in [1.165, 1.54) is 18.3 Å². The fraction of sp³-hybridized carbons (Fsp3) is 0.158. The minimum atomic E-state index is -0.489. The van der Waals surface area contributed by atoms with Crippen LogP contribution in [-0.4, -0.2) is 44.8 Å². The van der Waals surface area contributed by atoms with Gasteiger partial charge in [0.05, 0.1) is 24.0 Å². The predicted molar refractivity (Wildman–Crippen MR) is 122 cm³/mol. The summed E-state index contributed by atoms with van der Waals surface area (Å²) in [5.74, 6) is 6.62. The van der Waals surface area contributed by atoms with Gasteiger partial charge in [0, 0.05) is 23.4 Å². The highest BCUT2D eigenvalue weighted by Crippen LogP contribution is 2.22. The summed E-state index contributed by atoms with van der Waals surface area (Å²) < 4.78 is 6.31. The van der Waals surface area contributed by atoms with Crippen LogP contribution in [0.25, 0.3) is 0 Å². The van der Waals surface area contributed by atoms with Crippen LogP contribution in [0.2, 0.25) is 0 Å². The first-order valence-corrected chi connectivity index (χ1v) is 10.2. The minimum Gasteiger partial charge on any atom is -0.497 e. The van der Waals surface area contributed by atoms with Gasteiger partial charge in [0.2, 0.25) is 11.1 Å². The van der Waals surface area contributed by atoms with Crippen LogP contribution in [0.3, 0.4) is 0 Å². The maximum atomic E-state index is 12.3. The number of methoxy groups -OCH3 is 1. The number of nitrogen functional groups attached to an aromatic ring is 1. The number of nitrogens with zero attached hydrogens (tertiary/aromatic N) is 5. The Morgan fingerprint density at radius 1 is 1.34 bits per heavy atom. The molecule has 0 radical (unpaired) electrons. The Kier molecular flexibility index (Phi) is 7.23. The molecule has 3 rings (SSSR count). The average Bonchev–Trinajstić information content (AvgIpc) is 3.13. The van der Waals surface area contributed by atoms with Gasteiger partial charge < -0.3 is 15.9 Å². The van der Waals surface area contributed by atoms with Crippen molar-refractivity contribution in [3.63, 3.8) is 0 Å². The van der Waals surface area contributed by atoms with Crippen LogP contribution in [0.15, 0.2) is 52.7 Å². The molecule has 13 heteroatoms. The SMILES string of the molecule is COc1ccc(NC(=O)CSc2nnc(N/N=C/c3cccc([N+](=O)[O-])c3)n2N)c(C)c1. The van der Waals surface area contributed by atoms with Gasteiger partial charge in [-0.15, -0.1) is 10.2 Å². The van der Waals surface area contributed by atoms with Crippen LogP contribution < -0.4 is 21.3 Å². The zero-order valence-corrected chi connectivity index (χ0v) is 18.0. The summed E-state index contributed by atoms with van der Waals surface area (Å²) in [7, 11) is 1.58. The van der Waals surface area contributed by atoms with Gasteiger partial charge in [-0.05, 0) is 30.7 Å². The number of hydrazone groups is 1. The second kappa shape index (κ2) is 10.3. The Morgan fingerprint density at radius 2 is 2.16 bits per heavy atom. The normalized spacial score (nSPS) is 10.8. The van der Waals surface area contributed by atoms with Crippen LogP contribution in [-0.2, 0) is 4.79 Å². The third-order valence-electron chi connectivity index (χ3n) is 4.16. The van der Waals surface area contributed by atoms with Crippen LogP contribution in [0.1, 0.15) is 11.1 Å². The number of anilines is 2. The van der Waals surface area contributed by atoms with E-state index in [4.69, 9.17) is 10.6 Å². The molecule has 0 atom stereocenters. The maximum absolute atomic E-state index is 12.3. The predicted octanol–water partition coefficient (Wildman–Crippen LogP) is 2.39. The number of aromatic nitrogens is 3. The van der Waals surface area contributed by atoms with Crippen LogP contribution in [0.5, 0.6) is 5.75 Å². The minimum absolute atomic E-state index is 0.0438. The highest BCUT2D eigenvalue weighted by molar-refractivity contribution is 7.99.